The van der Waals surface area contributed by atoms with Crippen molar-refractivity contribution in [2.75, 3.05) is 19.6 Å². The SMILES string of the molecule is NCCc1nc(CCN)c(CCN)s1. The molecule has 0 aliphatic rings. The lowest BCUT2D eigenvalue weighted by molar-refractivity contribution is 0.872. The van der Waals surface area contributed by atoms with Crippen LogP contribution in [0.4, 0.5) is 0 Å². The number of rotatable bonds is 6. The average Bonchev–Trinajstić information content (AvgIpc) is 2.50. The third kappa shape index (κ3) is 3.02. The number of aromatic nitrogens is 1. The van der Waals surface area contributed by atoms with Crippen LogP contribution in [0.3, 0.4) is 0 Å². The summed E-state index contributed by atoms with van der Waals surface area (Å²) in [6.45, 7) is 1.96. The predicted octanol–water partition coefficient (Wildman–Crippen LogP) is -0.353. The first-order chi connectivity index (χ1) is 6.81. The van der Waals surface area contributed by atoms with Gasteiger partial charge in [0, 0.05) is 17.7 Å². The van der Waals surface area contributed by atoms with Crippen molar-refractivity contribution < 1.29 is 0 Å². The molecule has 1 aromatic rings. The van der Waals surface area contributed by atoms with Crippen molar-refractivity contribution in [1.82, 2.24) is 4.98 Å². The lowest BCUT2D eigenvalue weighted by Gasteiger charge is -1.96. The first kappa shape index (κ1) is 11.6. The van der Waals surface area contributed by atoms with Gasteiger partial charge in [0.2, 0.25) is 0 Å². The van der Waals surface area contributed by atoms with Crippen LogP contribution in [0, 0.1) is 0 Å². The first-order valence-electron chi connectivity index (χ1n) is 4.89. The van der Waals surface area contributed by atoms with Gasteiger partial charge in [0.05, 0.1) is 10.7 Å². The predicted molar refractivity (Wildman–Crippen MR) is 60.4 cm³/mol. The van der Waals surface area contributed by atoms with Gasteiger partial charge in [0.1, 0.15) is 0 Å². The van der Waals surface area contributed by atoms with Gasteiger partial charge in [0.25, 0.3) is 0 Å². The van der Waals surface area contributed by atoms with Crippen molar-refractivity contribution in [1.29, 1.82) is 0 Å². The molecule has 0 saturated carbocycles. The highest BCUT2D eigenvalue weighted by atomic mass is 32.1. The quantitative estimate of drug-likeness (QED) is 0.603. The minimum absolute atomic E-state index is 0.642. The van der Waals surface area contributed by atoms with Crippen LogP contribution in [-0.2, 0) is 19.3 Å². The molecule has 0 amide bonds. The molecule has 1 rings (SSSR count). The van der Waals surface area contributed by atoms with Crippen molar-refractivity contribution >= 4 is 11.3 Å². The van der Waals surface area contributed by atoms with Gasteiger partial charge in [-0.05, 0) is 26.1 Å². The molecule has 0 aromatic carbocycles. The monoisotopic (exact) mass is 214 g/mol. The molecular formula is C9H18N4S. The lowest BCUT2D eigenvalue weighted by Crippen LogP contribution is -2.08. The fourth-order valence-electron chi connectivity index (χ4n) is 1.33. The Hall–Kier alpha value is -0.490. The summed E-state index contributed by atoms with van der Waals surface area (Å²) in [4.78, 5) is 5.79. The van der Waals surface area contributed by atoms with Gasteiger partial charge in [-0.2, -0.15) is 0 Å². The van der Waals surface area contributed by atoms with Crippen molar-refractivity contribution in [3.05, 3.63) is 15.6 Å². The Balaban J connectivity index is 2.76. The molecule has 1 aromatic heterocycles. The normalized spacial score (nSPS) is 10.8. The zero-order valence-corrected chi connectivity index (χ0v) is 9.15. The molecule has 0 radical (unpaired) electrons. The van der Waals surface area contributed by atoms with Crippen molar-refractivity contribution in [3.63, 3.8) is 0 Å². The van der Waals surface area contributed by atoms with E-state index < -0.39 is 0 Å². The Morgan fingerprint density at radius 3 is 2.14 bits per heavy atom. The topological polar surface area (TPSA) is 90.9 Å². The van der Waals surface area contributed by atoms with E-state index in [9.17, 15) is 0 Å². The molecule has 0 aliphatic heterocycles. The Kier molecular flexibility index (Phi) is 5.03. The van der Waals surface area contributed by atoms with E-state index in [1.807, 2.05) is 0 Å². The van der Waals surface area contributed by atoms with E-state index in [2.05, 4.69) is 4.98 Å². The molecule has 14 heavy (non-hydrogen) atoms. The van der Waals surface area contributed by atoms with Gasteiger partial charge in [-0.1, -0.05) is 0 Å². The molecule has 4 nitrogen and oxygen atoms in total. The van der Waals surface area contributed by atoms with Crippen LogP contribution in [0.5, 0.6) is 0 Å². The number of hydrogen-bond acceptors (Lipinski definition) is 5. The maximum Gasteiger partial charge on any atom is 0.0943 e. The summed E-state index contributed by atoms with van der Waals surface area (Å²) < 4.78 is 0. The molecule has 0 unspecified atom stereocenters. The van der Waals surface area contributed by atoms with Crippen LogP contribution in [0.25, 0.3) is 0 Å². The third-order valence-electron chi connectivity index (χ3n) is 1.93. The lowest BCUT2D eigenvalue weighted by atomic mass is 10.2. The molecule has 0 bridgehead atoms. The maximum absolute atomic E-state index is 5.53. The number of nitrogens with zero attached hydrogens (tertiary/aromatic N) is 1. The highest BCUT2D eigenvalue weighted by Crippen LogP contribution is 2.19. The summed E-state index contributed by atoms with van der Waals surface area (Å²) >= 11 is 1.72. The molecule has 0 aliphatic carbocycles. The van der Waals surface area contributed by atoms with Gasteiger partial charge in [-0.15, -0.1) is 11.3 Å². The molecule has 0 saturated heterocycles. The number of nitrogens with two attached hydrogens (primary N) is 3. The Morgan fingerprint density at radius 2 is 1.57 bits per heavy atom. The minimum Gasteiger partial charge on any atom is -0.330 e. The highest BCUT2D eigenvalue weighted by Gasteiger charge is 2.08. The fraction of sp³-hybridized carbons (Fsp3) is 0.667. The maximum atomic E-state index is 5.53. The van der Waals surface area contributed by atoms with Crippen molar-refractivity contribution in [2.45, 2.75) is 19.3 Å². The van der Waals surface area contributed by atoms with Crippen LogP contribution >= 0.6 is 11.3 Å². The average molecular weight is 214 g/mol. The molecular weight excluding hydrogens is 196 g/mol. The largest absolute Gasteiger partial charge is 0.330 e. The van der Waals surface area contributed by atoms with Crippen LogP contribution in [0.1, 0.15) is 15.6 Å². The molecule has 6 N–H and O–H groups in total. The summed E-state index contributed by atoms with van der Waals surface area (Å²) in [7, 11) is 0. The standard InChI is InChI=1S/C9H18N4S/c10-4-1-7-8(2-5-11)14-9(13-7)3-6-12/h1-6,10-12H2. The molecule has 80 valence electrons. The summed E-state index contributed by atoms with van der Waals surface area (Å²) in [5, 5.41) is 1.11. The Labute approximate surface area is 88.5 Å². The van der Waals surface area contributed by atoms with Gasteiger partial charge < -0.3 is 17.2 Å². The van der Waals surface area contributed by atoms with E-state index in [0.29, 0.717) is 19.6 Å². The van der Waals surface area contributed by atoms with Crippen LogP contribution in [-0.4, -0.2) is 24.6 Å². The van der Waals surface area contributed by atoms with E-state index >= 15 is 0 Å². The van der Waals surface area contributed by atoms with Gasteiger partial charge in [-0.3, -0.25) is 0 Å². The highest BCUT2D eigenvalue weighted by molar-refractivity contribution is 7.11. The zero-order valence-electron chi connectivity index (χ0n) is 8.33. The summed E-state index contributed by atoms with van der Waals surface area (Å²) in [6, 6.07) is 0. The van der Waals surface area contributed by atoms with Gasteiger partial charge in [0.15, 0.2) is 0 Å². The number of thiazole rings is 1. The van der Waals surface area contributed by atoms with Crippen LogP contribution < -0.4 is 17.2 Å². The molecule has 0 spiro atoms. The van der Waals surface area contributed by atoms with E-state index in [4.69, 9.17) is 17.2 Å². The fourth-order valence-corrected chi connectivity index (χ4v) is 2.47. The van der Waals surface area contributed by atoms with Crippen LogP contribution in [0.2, 0.25) is 0 Å². The first-order valence-corrected chi connectivity index (χ1v) is 5.71. The molecule has 5 heteroatoms. The number of hydrogen-bond donors (Lipinski definition) is 3. The zero-order chi connectivity index (χ0) is 10.4. The van der Waals surface area contributed by atoms with Gasteiger partial charge >= 0.3 is 0 Å². The molecule has 1 heterocycles. The second-order valence-electron chi connectivity index (χ2n) is 3.09. The summed E-state index contributed by atoms with van der Waals surface area (Å²) in [5.41, 5.74) is 17.7. The second-order valence-corrected chi connectivity index (χ2v) is 4.26. The second kappa shape index (κ2) is 6.08. The minimum atomic E-state index is 0.642. The third-order valence-corrected chi connectivity index (χ3v) is 3.15. The van der Waals surface area contributed by atoms with Crippen LogP contribution in [0.15, 0.2) is 0 Å². The summed E-state index contributed by atoms with van der Waals surface area (Å²) in [6.07, 6.45) is 2.60. The van der Waals surface area contributed by atoms with Gasteiger partial charge in [-0.25, -0.2) is 4.98 Å². The molecule has 0 atom stereocenters. The van der Waals surface area contributed by atoms with E-state index in [0.717, 1.165) is 30.0 Å². The van der Waals surface area contributed by atoms with Crippen molar-refractivity contribution in [3.8, 4) is 0 Å². The summed E-state index contributed by atoms with van der Waals surface area (Å²) in [5.74, 6) is 0. The van der Waals surface area contributed by atoms with Crippen molar-refractivity contribution in [2.24, 2.45) is 17.2 Å². The Bertz CT molecular complexity index is 248. The van der Waals surface area contributed by atoms with E-state index in [1.165, 1.54) is 4.88 Å². The smallest absolute Gasteiger partial charge is 0.0943 e. The molecule has 0 fully saturated rings. The van der Waals surface area contributed by atoms with E-state index in [1.54, 1.807) is 11.3 Å². The van der Waals surface area contributed by atoms with E-state index in [-0.39, 0.29) is 0 Å². The Morgan fingerprint density at radius 1 is 0.929 bits per heavy atom.